The summed E-state index contributed by atoms with van der Waals surface area (Å²) in [6.45, 7) is 3.59. The predicted octanol–water partition coefficient (Wildman–Crippen LogP) is 4.71. The van der Waals surface area contributed by atoms with Crippen LogP contribution in [-0.2, 0) is 11.2 Å². The van der Waals surface area contributed by atoms with Crippen molar-refractivity contribution in [2.45, 2.75) is 33.1 Å². The topological polar surface area (TPSA) is 38.7 Å². The molecule has 3 nitrogen and oxygen atoms in total. The van der Waals surface area contributed by atoms with Gasteiger partial charge in [-0.3, -0.25) is 9.79 Å². The van der Waals surface area contributed by atoms with Crippen molar-refractivity contribution in [2.75, 3.05) is 0 Å². The third-order valence-electron chi connectivity index (χ3n) is 3.26. The zero-order valence-electron chi connectivity index (χ0n) is 13.1. The van der Waals surface area contributed by atoms with E-state index in [9.17, 15) is 4.79 Å². The average molecular weight is 295 g/mol. The molecule has 0 aliphatic carbocycles. The van der Waals surface area contributed by atoms with Crippen LogP contribution < -0.4 is 4.74 Å². The molecule has 0 aliphatic heterocycles. The Morgan fingerprint density at radius 2 is 1.77 bits per heavy atom. The second-order valence-electron chi connectivity index (χ2n) is 5.19. The lowest BCUT2D eigenvalue weighted by Crippen LogP contribution is -2.00. The zero-order chi connectivity index (χ0) is 15.8. The van der Waals surface area contributed by atoms with Gasteiger partial charge >= 0.3 is 5.97 Å². The van der Waals surface area contributed by atoms with Gasteiger partial charge in [-0.15, -0.1) is 0 Å². The molecule has 0 aliphatic rings. The molecule has 0 N–H and O–H groups in total. The summed E-state index contributed by atoms with van der Waals surface area (Å²) < 4.78 is 4.99. The number of nitrogens with zero attached hydrogens (tertiary/aromatic N) is 1. The van der Waals surface area contributed by atoms with Crippen LogP contribution in [0.25, 0.3) is 0 Å². The van der Waals surface area contributed by atoms with Crippen LogP contribution in [0.15, 0.2) is 53.5 Å². The molecule has 2 aromatic rings. The third kappa shape index (κ3) is 5.17. The molecular weight excluding hydrogens is 274 g/mol. The molecule has 0 unspecified atom stereocenters. The fourth-order valence-electron chi connectivity index (χ4n) is 2.07. The number of aryl methyl sites for hydroxylation is 1. The smallest absolute Gasteiger partial charge is 0.308 e. The number of hydrogen-bond acceptors (Lipinski definition) is 3. The van der Waals surface area contributed by atoms with Crippen molar-refractivity contribution in [1.82, 2.24) is 0 Å². The van der Waals surface area contributed by atoms with E-state index in [0.717, 1.165) is 17.7 Å². The summed E-state index contributed by atoms with van der Waals surface area (Å²) >= 11 is 0. The summed E-state index contributed by atoms with van der Waals surface area (Å²) in [7, 11) is 0. The summed E-state index contributed by atoms with van der Waals surface area (Å²) in [5.74, 6) is 0.231. The van der Waals surface area contributed by atoms with Crippen LogP contribution in [0.4, 0.5) is 5.69 Å². The Morgan fingerprint density at radius 3 is 2.36 bits per heavy atom. The van der Waals surface area contributed by atoms with Gasteiger partial charge in [0.15, 0.2) is 0 Å². The summed E-state index contributed by atoms with van der Waals surface area (Å²) in [4.78, 5) is 15.3. The Hall–Kier alpha value is -2.42. The molecule has 2 aromatic carbocycles. The molecule has 2 rings (SSSR count). The summed E-state index contributed by atoms with van der Waals surface area (Å²) in [5, 5.41) is 0. The number of unbranched alkanes of at least 4 members (excludes halogenated alkanes) is 1. The van der Waals surface area contributed by atoms with Crippen LogP contribution in [0.5, 0.6) is 5.75 Å². The van der Waals surface area contributed by atoms with Crippen LogP contribution in [0, 0.1) is 0 Å². The normalized spacial score (nSPS) is 10.8. The monoisotopic (exact) mass is 295 g/mol. The zero-order valence-corrected chi connectivity index (χ0v) is 13.1. The van der Waals surface area contributed by atoms with Crippen molar-refractivity contribution in [1.29, 1.82) is 0 Å². The number of carbonyl (C=O) groups excluding carboxylic acids is 1. The molecule has 0 amide bonds. The summed E-state index contributed by atoms with van der Waals surface area (Å²) in [5.41, 5.74) is 3.25. The van der Waals surface area contributed by atoms with E-state index in [-0.39, 0.29) is 5.97 Å². The maximum absolute atomic E-state index is 10.9. The molecule has 0 fully saturated rings. The first-order valence-corrected chi connectivity index (χ1v) is 7.59. The Morgan fingerprint density at radius 1 is 1.09 bits per heavy atom. The average Bonchev–Trinajstić information content (AvgIpc) is 2.53. The maximum Gasteiger partial charge on any atom is 0.308 e. The van der Waals surface area contributed by atoms with Crippen molar-refractivity contribution >= 4 is 17.9 Å². The Kier molecular flexibility index (Phi) is 5.90. The number of ether oxygens (including phenoxy) is 1. The Labute approximate surface area is 131 Å². The number of aliphatic imine (C=N–C) groups is 1. The quantitative estimate of drug-likeness (QED) is 0.440. The first kappa shape index (κ1) is 16.0. The predicted molar refractivity (Wildman–Crippen MR) is 90.1 cm³/mol. The van der Waals surface area contributed by atoms with Crippen LogP contribution in [0.3, 0.4) is 0 Å². The molecule has 0 bridgehead atoms. The van der Waals surface area contributed by atoms with E-state index in [4.69, 9.17) is 4.74 Å². The van der Waals surface area contributed by atoms with Gasteiger partial charge in [0.05, 0.1) is 5.69 Å². The second kappa shape index (κ2) is 8.13. The standard InChI is InChI=1S/C19H21NO2/c1-3-4-5-16-6-10-18(11-7-16)20-14-17-8-12-19(13-9-17)22-15(2)21/h6-14H,3-5H2,1-2H3/b20-14+. The summed E-state index contributed by atoms with van der Waals surface area (Å²) in [6.07, 6.45) is 5.36. The fraction of sp³-hybridized carbons (Fsp3) is 0.263. The molecule has 0 spiro atoms. The highest BCUT2D eigenvalue weighted by atomic mass is 16.5. The van der Waals surface area contributed by atoms with E-state index in [1.165, 1.54) is 25.3 Å². The third-order valence-corrected chi connectivity index (χ3v) is 3.26. The first-order chi connectivity index (χ1) is 10.7. The van der Waals surface area contributed by atoms with Gasteiger partial charge in [0, 0.05) is 13.1 Å². The molecule has 114 valence electrons. The van der Waals surface area contributed by atoms with E-state index >= 15 is 0 Å². The number of esters is 1. The van der Waals surface area contributed by atoms with Crippen LogP contribution in [0.2, 0.25) is 0 Å². The molecule has 0 saturated heterocycles. The number of hydrogen-bond donors (Lipinski definition) is 0. The van der Waals surface area contributed by atoms with Gasteiger partial charge in [0.25, 0.3) is 0 Å². The first-order valence-electron chi connectivity index (χ1n) is 7.59. The van der Waals surface area contributed by atoms with E-state index in [0.29, 0.717) is 5.75 Å². The molecular formula is C19H21NO2. The van der Waals surface area contributed by atoms with Gasteiger partial charge in [0.1, 0.15) is 5.75 Å². The SMILES string of the molecule is CCCCc1ccc(/N=C/c2ccc(OC(C)=O)cc2)cc1. The Bertz CT molecular complexity index is 627. The van der Waals surface area contributed by atoms with Crippen molar-refractivity contribution in [3.63, 3.8) is 0 Å². The Balaban J connectivity index is 1.97. The molecule has 22 heavy (non-hydrogen) atoms. The van der Waals surface area contributed by atoms with Crippen LogP contribution in [-0.4, -0.2) is 12.2 Å². The lowest BCUT2D eigenvalue weighted by molar-refractivity contribution is -0.131. The number of benzene rings is 2. The minimum Gasteiger partial charge on any atom is -0.427 e. The van der Waals surface area contributed by atoms with Gasteiger partial charge in [-0.05, 0) is 60.4 Å². The van der Waals surface area contributed by atoms with Gasteiger partial charge < -0.3 is 4.74 Å². The molecule has 0 atom stereocenters. The van der Waals surface area contributed by atoms with Crippen LogP contribution >= 0.6 is 0 Å². The van der Waals surface area contributed by atoms with Crippen molar-refractivity contribution in [3.8, 4) is 5.75 Å². The summed E-state index contributed by atoms with van der Waals surface area (Å²) in [6, 6.07) is 15.6. The molecule has 0 radical (unpaired) electrons. The molecule has 0 aromatic heterocycles. The maximum atomic E-state index is 10.9. The van der Waals surface area contributed by atoms with Crippen LogP contribution in [0.1, 0.15) is 37.8 Å². The molecule has 0 saturated carbocycles. The lowest BCUT2D eigenvalue weighted by atomic mass is 10.1. The highest BCUT2D eigenvalue weighted by Gasteiger charge is 1.97. The molecule has 3 heteroatoms. The van der Waals surface area contributed by atoms with E-state index in [2.05, 4.69) is 24.0 Å². The van der Waals surface area contributed by atoms with Gasteiger partial charge in [0.2, 0.25) is 0 Å². The van der Waals surface area contributed by atoms with E-state index in [1.807, 2.05) is 24.3 Å². The number of carbonyl (C=O) groups is 1. The fourth-order valence-corrected chi connectivity index (χ4v) is 2.07. The minimum absolute atomic E-state index is 0.315. The number of rotatable bonds is 6. The minimum atomic E-state index is -0.315. The molecule has 0 heterocycles. The van der Waals surface area contributed by atoms with Crippen molar-refractivity contribution in [3.05, 3.63) is 59.7 Å². The highest BCUT2D eigenvalue weighted by Crippen LogP contribution is 2.16. The van der Waals surface area contributed by atoms with Gasteiger partial charge in [-0.25, -0.2) is 0 Å². The highest BCUT2D eigenvalue weighted by molar-refractivity contribution is 5.82. The largest absolute Gasteiger partial charge is 0.427 e. The lowest BCUT2D eigenvalue weighted by Gasteiger charge is -2.01. The second-order valence-corrected chi connectivity index (χ2v) is 5.19. The van der Waals surface area contributed by atoms with Gasteiger partial charge in [-0.1, -0.05) is 25.5 Å². The van der Waals surface area contributed by atoms with Crippen molar-refractivity contribution < 1.29 is 9.53 Å². The van der Waals surface area contributed by atoms with Gasteiger partial charge in [-0.2, -0.15) is 0 Å². The van der Waals surface area contributed by atoms with Crippen molar-refractivity contribution in [2.24, 2.45) is 4.99 Å². The van der Waals surface area contributed by atoms with E-state index < -0.39 is 0 Å². The van der Waals surface area contributed by atoms with E-state index in [1.54, 1.807) is 18.3 Å².